The van der Waals surface area contributed by atoms with E-state index in [1.54, 1.807) is 10.9 Å². The molecule has 1 aromatic carbocycles. The van der Waals surface area contributed by atoms with Crippen molar-refractivity contribution >= 4 is 5.91 Å². The highest BCUT2D eigenvalue weighted by molar-refractivity contribution is 6.00. The molecule has 1 unspecified atom stereocenters. The summed E-state index contributed by atoms with van der Waals surface area (Å²) in [6, 6.07) is 5.71. The molecule has 0 radical (unpaired) electrons. The number of rotatable bonds is 2. The van der Waals surface area contributed by atoms with Gasteiger partial charge in [-0.05, 0) is 25.1 Å². The lowest BCUT2D eigenvalue weighted by Crippen LogP contribution is -2.44. The molecule has 0 bridgehead atoms. The Morgan fingerprint density at radius 2 is 2.00 bits per heavy atom. The molecule has 0 N–H and O–H groups in total. The zero-order valence-corrected chi connectivity index (χ0v) is 15.1. The van der Waals surface area contributed by atoms with E-state index in [0.29, 0.717) is 49.9 Å². The highest BCUT2D eigenvalue weighted by Crippen LogP contribution is 2.35. The van der Waals surface area contributed by atoms with Crippen molar-refractivity contribution in [1.82, 2.24) is 14.7 Å². The van der Waals surface area contributed by atoms with Gasteiger partial charge in [-0.15, -0.1) is 0 Å². The summed E-state index contributed by atoms with van der Waals surface area (Å²) < 4.78 is 18.7. The molecule has 1 atom stereocenters. The third-order valence-corrected chi connectivity index (χ3v) is 4.61. The molecule has 138 valence electrons. The number of ether oxygens (including phenoxy) is 3. The Balaban J connectivity index is 1.67. The summed E-state index contributed by atoms with van der Waals surface area (Å²) in [5.74, 6) is 1.41. The largest absolute Gasteiger partial charge is 0.490 e. The Kier molecular flexibility index (Phi) is 4.55. The smallest absolute Gasteiger partial charge is 0.257 e. The van der Waals surface area contributed by atoms with E-state index >= 15 is 0 Å². The van der Waals surface area contributed by atoms with Crippen LogP contribution < -0.4 is 9.47 Å². The summed E-state index contributed by atoms with van der Waals surface area (Å²) in [5.41, 5.74) is 2.10. The van der Waals surface area contributed by atoms with Gasteiger partial charge in [-0.3, -0.25) is 9.48 Å². The van der Waals surface area contributed by atoms with Crippen LogP contribution in [-0.2, 0) is 11.8 Å². The van der Waals surface area contributed by atoms with Crippen LogP contribution in [0, 0.1) is 0 Å². The van der Waals surface area contributed by atoms with Gasteiger partial charge in [0.1, 0.15) is 5.69 Å². The van der Waals surface area contributed by atoms with Crippen molar-refractivity contribution in [2.45, 2.75) is 19.4 Å². The minimum absolute atomic E-state index is 0.0182. The van der Waals surface area contributed by atoms with E-state index in [-0.39, 0.29) is 12.0 Å². The van der Waals surface area contributed by atoms with E-state index in [1.165, 1.54) is 0 Å². The Morgan fingerprint density at radius 1 is 1.19 bits per heavy atom. The van der Waals surface area contributed by atoms with Crippen molar-refractivity contribution < 1.29 is 19.0 Å². The van der Waals surface area contributed by atoms with Crippen molar-refractivity contribution in [3.8, 4) is 22.8 Å². The zero-order chi connectivity index (χ0) is 18.1. The van der Waals surface area contributed by atoms with Gasteiger partial charge < -0.3 is 19.1 Å². The Labute approximate surface area is 152 Å². The summed E-state index contributed by atoms with van der Waals surface area (Å²) in [5, 5.41) is 4.53. The first-order chi connectivity index (χ1) is 12.6. The van der Waals surface area contributed by atoms with Crippen LogP contribution in [0.15, 0.2) is 24.4 Å². The molecule has 3 heterocycles. The Morgan fingerprint density at radius 3 is 2.81 bits per heavy atom. The number of nitrogens with zero attached hydrogens (tertiary/aromatic N) is 3. The molecule has 7 nitrogen and oxygen atoms in total. The van der Waals surface area contributed by atoms with Gasteiger partial charge in [0.2, 0.25) is 0 Å². The third-order valence-electron chi connectivity index (χ3n) is 4.61. The standard InChI is InChI=1S/C19H23N3O4/c1-13-11-22(6-9-24-13)19(23)15-12-21(2)20-18(15)14-4-5-16-17(10-14)26-8-3-7-25-16/h4-5,10,12-13H,3,6-9,11H2,1-2H3. The molecule has 1 amide bonds. The van der Waals surface area contributed by atoms with E-state index < -0.39 is 0 Å². The maximum Gasteiger partial charge on any atom is 0.257 e. The lowest BCUT2D eigenvalue weighted by molar-refractivity contribution is -0.0123. The molecule has 4 rings (SSSR count). The maximum absolute atomic E-state index is 13.1. The molecule has 2 aliphatic heterocycles. The number of aromatic nitrogens is 2. The molecule has 0 spiro atoms. The van der Waals surface area contributed by atoms with E-state index in [9.17, 15) is 4.79 Å². The van der Waals surface area contributed by atoms with E-state index in [0.717, 1.165) is 17.7 Å². The quantitative estimate of drug-likeness (QED) is 0.824. The molecule has 0 saturated carbocycles. The second kappa shape index (κ2) is 6.99. The number of morpholine rings is 1. The molecule has 26 heavy (non-hydrogen) atoms. The highest BCUT2D eigenvalue weighted by atomic mass is 16.5. The van der Waals surface area contributed by atoms with Crippen LogP contribution in [-0.4, -0.2) is 59.6 Å². The van der Waals surface area contributed by atoms with Crippen LogP contribution >= 0.6 is 0 Å². The lowest BCUT2D eigenvalue weighted by Gasteiger charge is -2.31. The third kappa shape index (κ3) is 3.26. The van der Waals surface area contributed by atoms with Gasteiger partial charge in [0.25, 0.3) is 5.91 Å². The Hall–Kier alpha value is -2.54. The maximum atomic E-state index is 13.1. The number of hydrogen-bond donors (Lipinski definition) is 0. The number of aryl methyl sites for hydroxylation is 1. The van der Waals surface area contributed by atoms with Gasteiger partial charge >= 0.3 is 0 Å². The first-order valence-corrected chi connectivity index (χ1v) is 8.96. The summed E-state index contributed by atoms with van der Waals surface area (Å²) >= 11 is 0. The van der Waals surface area contributed by atoms with Crippen LogP contribution in [0.25, 0.3) is 11.3 Å². The fourth-order valence-corrected chi connectivity index (χ4v) is 3.34. The summed E-state index contributed by atoms with van der Waals surface area (Å²) in [6.45, 7) is 5.00. The van der Waals surface area contributed by atoms with Crippen molar-refractivity contribution in [3.63, 3.8) is 0 Å². The minimum atomic E-state index is -0.0182. The van der Waals surface area contributed by atoms with Crippen molar-refractivity contribution in [2.75, 3.05) is 32.9 Å². The Bertz CT molecular complexity index is 817. The highest BCUT2D eigenvalue weighted by Gasteiger charge is 2.27. The molecule has 1 aromatic heterocycles. The van der Waals surface area contributed by atoms with Crippen LogP contribution in [0.3, 0.4) is 0 Å². The van der Waals surface area contributed by atoms with Crippen molar-refractivity contribution in [2.24, 2.45) is 7.05 Å². The van der Waals surface area contributed by atoms with Crippen LogP contribution in [0.4, 0.5) is 0 Å². The molecule has 7 heteroatoms. The van der Waals surface area contributed by atoms with Crippen LogP contribution in [0.1, 0.15) is 23.7 Å². The van der Waals surface area contributed by atoms with Gasteiger partial charge in [-0.2, -0.15) is 5.10 Å². The molecule has 1 fully saturated rings. The van der Waals surface area contributed by atoms with Gasteiger partial charge in [0.05, 0.1) is 31.5 Å². The number of carbonyl (C=O) groups excluding carboxylic acids is 1. The molecule has 0 aliphatic carbocycles. The lowest BCUT2D eigenvalue weighted by atomic mass is 10.1. The van der Waals surface area contributed by atoms with Crippen molar-refractivity contribution in [1.29, 1.82) is 0 Å². The van der Waals surface area contributed by atoms with Crippen molar-refractivity contribution in [3.05, 3.63) is 30.0 Å². The molecule has 1 saturated heterocycles. The number of benzene rings is 1. The number of carbonyl (C=O) groups is 1. The monoisotopic (exact) mass is 357 g/mol. The second-order valence-electron chi connectivity index (χ2n) is 6.71. The normalized spacial score (nSPS) is 19.9. The fourth-order valence-electron chi connectivity index (χ4n) is 3.34. The van der Waals surface area contributed by atoms with Gasteiger partial charge in [0.15, 0.2) is 11.5 Å². The van der Waals surface area contributed by atoms with E-state index in [2.05, 4.69) is 5.10 Å². The summed E-state index contributed by atoms with van der Waals surface area (Å²) in [6.07, 6.45) is 2.68. The van der Waals surface area contributed by atoms with Crippen LogP contribution in [0.5, 0.6) is 11.5 Å². The SMILES string of the molecule is CC1CN(C(=O)c2cn(C)nc2-c2ccc3c(c2)OCCCO3)CCO1. The minimum Gasteiger partial charge on any atom is -0.490 e. The fraction of sp³-hybridized carbons (Fsp3) is 0.474. The molecule has 2 aliphatic rings. The predicted molar refractivity (Wildman–Crippen MR) is 95.6 cm³/mol. The topological polar surface area (TPSA) is 65.8 Å². The van der Waals surface area contributed by atoms with E-state index in [1.807, 2.05) is 37.1 Å². The second-order valence-corrected chi connectivity index (χ2v) is 6.71. The van der Waals surface area contributed by atoms with Gasteiger partial charge in [-0.25, -0.2) is 0 Å². The average molecular weight is 357 g/mol. The molecular weight excluding hydrogens is 334 g/mol. The first kappa shape index (κ1) is 16.9. The summed E-state index contributed by atoms with van der Waals surface area (Å²) in [4.78, 5) is 14.9. The summed E-state index contributed by atoms with van der Waals surface area (Å²) in [7, 11) is 1.82. The number of amides is 1. The van der Waals surface area contributed by atoms with Gasteiger partial charge in [0, 0.05) is 38.3 Å². The zero-order valence-electron chi connectivity index (χ0n) is 15.1. The predicted octanol–water partition coefficient (Wildman–Crippen LogP) is 2.11. The number of hydrogen-bond acceptors (Lipinski definition) is 5. The van der Waals surface area contributed by atoms with E-state index in [4.69, 9.17) is 14.2 Å². The molecular formula is C19H23N3O4. The first-order valence-electron chi connectivity index (χ1n) is 8.96. The van der Waals surface area contributed by atoms with Gasteiger partial charge in [-0.1, -0.05) is 0 Å². The number of fused-ring (bicyclic) bond motifs is 1. The van der Waals surface area contributed by atoms with Crippen LogP contribution in [0.2, 0.25) is 0 Å². The average Bonchev–Trinajstić information content (AvgIpc) is 2.87. The molecule has 2 aromatic rings.